The van der Waals surface area contributed by atoms with Crippen LogP contribution in [-0.2, 0) is 4.79 Å². The largest absolute Gasteiger partial charge is 0.491 e. The molecule has 0 aliphatic heterocycles. The Hall–Kier alpha value is -1.71. The Bertz CT molecular complexity index is 392. The highest BCUT2D eigenvalue weighted by Gasteiger charge is 2.08. The van der Waals surface area contributed by atoms with E-state index in [0.29, 0.717) is 0 Å². The zero-order valence-electron chi connectivity index (χ0n) is 11.1. The third-order valence-electron chi connectivity index (χ3n) is 2.64. The normalized spacial score (nSPS) is 13.7. The van der Waals surface area contributed by atoms with Crippen molar-refractivity contribution in [3.8, 4) is 5.75 Å². The molecule has 4 nitrogen and oxygen atoms in total. The molecule has 100 valence electrons. The van der Waals surface area contributed by atoms with Crippen molar-refractivity contribution in [1.82, 2.24) is 0 Å². The first-order valence-electron chi connectivity index (χ1n) is 6.26. The van der Waals surface area contributed by atoms with E-state index in [1.165, 1.54) is 0 Å². The number of carboxylic acids is 1. The van der Waals surface area contributed by atoms with Gasteiger partial charge in [0.2, 0.25) is 0 Å². The molecule has 0 amide bonds. The van der Waals surface area contributed by atoms with Crippen molar-refractivity contribution < 1.29 is 14.6 Å². The number of rotatable bonds is 7. The van der Waals surface area contributed by atoms with Crippen molar-refractivity contribution in [3.05, 3.63) is 24.3 Å². The van der Waals surface area contributed by atoms with Crippen LogP contribution in [0.15, 0.2) is 24.3 Å². The van der Waals surface area contributed by atoms with E-state index in [4.69, 9.17) is 9.84 Å². The van der Waals surface area contributed by atoms with Crippen molar-refractivity contribution in [2.24, 2.45) is 0 Å². The Labute approximate surface area is 108 Å². The molecule has 18 heavy (non-hydrogen) atoms. The first kappa shape index (κ1) is 14.4. The van der Waals surface area contributed by atoms with Crippen molar-refractivity contribution in [3.63, 3.8) is 0 Å². The van der Waals surface area contributed by atoms with Crippen LogP contribution in [0.1, 0.15) is 33.6 Å². The summed E-state index contributed by atoms with van der Waals surface area (Å²) in [5, 5.41) is 11.8. The molecule has 1 aromatic carbocycles. The Morgan fingerprint density at radius 3 is 2.78 bits per heavy atom. The van der Waals surface area contributed by atoms with Gasteiger partial charge in [0.25, 0.3) is 0 Å². The van der Waals surface area contributed by atoms with E-state index in [-0.39, 0.29) is 18.6 Å². The van der Waals surface area contributed by atoms with E-state index in [2.05, 4.69) is 12.2 Å². The maximum Gasteiger partial charge on any atom is 0.305 e. The number of hydrogen-bond acceptors (Lipinski definition) is 3. The molecule has 4 heteroatoms. The van der Waals surface area contributed by atoms with Crippen molar-refractivity contribution in [2.45, 2.75) is 45.8 Å². The number of aliphatic carboxylic acids is 1. The summed E-state index contributed by atoms with van der Waals surface area (Å²) in [6.45, 7) is 5.94. The van der Waals surface area contributed by atoms with Crippen LogP contribution < -0.4 is 10.1 Å². The minimum atomic E-state index is -0.804. The molecule has 0 spiro atoms. The topological polar surface area (TPSA) is 58.6 Å². The SMILES string of the molecule is CCC(C)Oc1cccc(NC(C)CC(=O)O)c1. The third-order valence-corrected chi connectivity index (χ3v) is 2.64. The fraction of sp³-hybridized carbons (Fsp3) is 0.500. The predicted octanol–water partition coefficient (Wildman–Crippen LogP) is 3.14. The number of anilines is 1. The monoisotopic (exact) mass is 251 g/mol. The van der Waals surface area contributed by atoms with Crippen LogP contribution in [0.3, 0.4) is 0 Å². The van der Waals surface area contributed by atoms with E-state index in [9.17, 15) is 4.79 Å². The van der Waals surface area contributed by atoms with Crippen LogP contribution in [-0.4, -0.2) is 23.2 Å². The number of nitrogens with one attached hydrogen (secondary N) is 1. The van der Waals surface area contributed by atoms with Gasteiger partial charge in [0.15, 0.2) is 0 Å². The van der Waals surface area contributed by atoms with Crippen molar-refractivity contribution in [1.29, 1.82) is 0 Å². The molecule has 2 atom stereocenters. The Kier molecular flexibility index (Phi) is 5.49. The van der Waals surface area contributed by atoms with Gasteiger partial charge in [-0.15, -0.1) is 0 Å². The van der Waals surface area contributed by atoms with Gasteiger partial charge in [-0.25, -0.2) is 0 Å². The summed E-state index contributed by atoms with van der Waals surface area (Å²) in [6.07, 6.45) is 1.22. The highest BCUT2D eigenvalue weighted by molar-refractivity contribution is 5.68. The smallest absolute Gasteiger partial charge is 0.305 e. The minimum Gasteiger partial charge on any atom is -0.491 e. The van der Waals surface area contributed by atoms with E-state index in [1.54, 1.807) is 0 Å². The van der Waals surface area contributed by atoms with Gasteiger partial charge in [-0.05, 0) is 32.4 Å². The molecule has 0 bridgehead atoms. The fourth-order valence-electron chi connectivity index (χ4n) is 1.57. The molecule has 0 aromatic heterocycles. The first-order chi connectivity index (χ1) is 8.51. The summed E-state index contributed by atoms with van der Waals surface area (Å²) in [6, 6.07) is 7.49. The minimum absolute atomic E-state index is 0.0937. The van der Waals surface area contributed by atoms with Gasteiger partial charge in [-0.2, -0.15) is 0 Å². The van der Waals surface area contributed by atoms with Gasteiger partial charge in [-0.1, -0.05) is 13.0 Å². The van der Waals surface area contributed by atoms with Crippen LogP contribution in [0.2, 0.25) is 0 Å². The summed E-state index contributed by atoms with van der Waals surface area (Å²) in [4.78, 5) is 10.6. The van der Waals surface area contributed by atoms with Gasteiger partial charge in [0.1, 0.15) is 5.75 Å². The van der Waals surface area contributed by atoms with Crippen LogP contribution in [0.4, 0.5) is 5.69 Å². The average molecular weight is 251 g/mol. The van der Waals surface area contributed by atoms with Gasteiger partial charge in [-0.3, -0.25) is 4.79 Å². The molecule has 1 rings (SSSR count). The number of benzene rings is 1. The Morgan fingerprint density at radius 2 is 2.17 bits per heavy atom. The molecule has 0 radical (unpaired) electrons. The fourth-order valence-corrected chi connectivity index (χ4v) is 1.57. The maximum atomic E-state index is 10.6. The van der Waals surface area contributed by atoms with Gasteiger partial charge >= 0.3 is 5.97 Å². The number of ether oxygens (including phenoxy) is 1. The van der Waals surface area contributed by atoms with Gasteiger partial charge in [0.05, 0.1) is 12.5 Å². The van der Waals surface area contributed by atoms with E-state index < -0.39 is 5.97 Å². The lowest BCUT2D eigenvalue weighted by molar-refractivity contribution is -0.137. The lowest BCUT2D eigenvalue weighted by Gasteiger charge is -2.16. The highest BCUT2D eigenvalue weighted by Crippen LogP contribution is 2.20. The van der Waals surface area contributed by atoms with Crippen LogP contribution in [0, 0.1) is 0 Å². The molecule has 1 aromatic rings. The molecule has 0 saturated heterocycles. The molecule has 0 aliphatic carbocycles. The summed E-state index contributed by atoms with van der Waals surface area (Å²) in [5.74, 6) is -0.00103. The van der Waals surface area contributed by atoms with E-state index >= 15 is 0 Å². The molecule has 0 fully saturated rings. The second-order valence-electron chi connectivity index (χ2n) is 4.51. The summed E-state index contributed by atoms with van der Waals surface area (Å²) < 4.78 is 5.71. The zero-order chi connectivity index (χ0) is 13.5. The average Bonchev–Trinajstić information content (AvgIpc) is 2.28. The molecular formula is C14H21NO3. The quantitative estimate of drug-likeness (QED) is 0.781. The Balaban J connectivity index is 2.61. The third kappa shape index (κ3) is 5.08. The zero-order valence-corrected chi connectivity index (χ0v) is 11.1. The van der Waals surface area contributed by atoms with Crippen molar-refractivity contribution in [2.75, 3.05) is 5.32 Å². The lowest BCUT2D eigenvalue weighted by Crippen LogP contribution is -2.19. The molecule has 2 unspecified atom stereocenters. The van der Waals surface area contributed by atoms with E-state index in [1.807, 2.05) is 38.1 Å². The van der Waals surface area contributed by atoms with Crippen molar-refractivity contribution >= 4 is 11.7 Å². The van der Waals surface area contributed by atoms with E-state index in [0.717, 1.165) is 17.9 Å². The first-order valence-corrected chi connectivity index (χ1v) is 6.26. The standard InChI is InChI=1S/C14H21NO3/c1-4-11(3)18-13-7-5-6-12(9-13)15-10(2)8-14(16)17/h5-7,9-11,15H,4,8H2,1-3H3,(H,16,17). The molecule has 0 heterocycles. The summed E-state index contributed by atoms with van der Waals surface area (Å²) >= 11 is 0. The van der Waals surface area contributed by atoms with Crippen LogP contribution >= 0.6 is 0 Å². The maximum absolute atomic E-state index is 10.6. The van der Waals surface area contributed by atoms with Crippen LogP contribution in [0.25, 0.3) is 0 Å². The number of carboxylic acid groups (broad SMARTS) is 1. The predicted molar refractivity (Wildman–Crippen MR) is 72.2 cm³/mol. The molecular weight excluding hydrogens is 230 g/mol. The second kappa shape index (κ2) is 6.89. The number of carbonyl (C=O) groups is 1. The molecule has 0 aliphatic rings. The molecule has 0 saturated carbocycles. The Morgan fingerprint density at radius 1 is 1.44 bits per heavy atom. The second-order valence-corrected chi connectivity index (χ2v) is 4.51. The summed E-state index contributed by atoms with van der Waals surface area (Å²) in [5.41, 5.74) is 0.879. The number of hydrogen-bond donors (Lipinski definition) is 2. The van der Waals surface area contributed by atoms with Crippen LogP contribution in [0.5, 0.6) is 5.75 Å². The van der Waals surface area contributed by atoms with Gasteiger partial charge in [0, 0.05) is 17.8 Å². The highest BCUT2D eigenvalue weighted by atomic mass is 16.5. The van der Waals surface area contributed by atoms with Gasteiger partial charge < -0.3 is 15.2 Å². The molecule has 2 N–H and O–H groups in total. The lowest BCUT2D eigenvalue weighted by atomic mass is 10.2. The summed E-state index contributed by atoms with van der Waals surface area (Å²) in [7, 11) is 0.